The molecule has 0 unspecified atom stereocenters. The molecular formula is C4H5NO2. The molecule has 0 amide bonds. The van der Waals surface area contributed by atoms with Crippen LogP contribution in [-0.4, -0.2) is 9.85 Å². The Bertz CT molecular complexity index is 169. The summed E-state index contributed by atoms with van der Waals surface area (Å²) < 4.78 is 6.31. The highest BCUT2D eigenvalue weighted by atomic mass is 16.5. The van der Waals surface area contributed by atoms with Crippen molar-refractivity contribution in [3.8, 4) is 5.88 Å². The Hall–Kier alpha value is -0.860. The summed E-state index contributed by atoms with van der Waals surface area (Å²) in [6, 6.07) is 0. The van der Waals surface area contributed by atoms with Gasteiger partial charge in [-0.05, 0) is 0 Å². The fourth-order valence-corrected chi connectivity index (χ4v) is 0.829. The summed E-state index contributed by atoms with van der Waals surface area (Å²) >= 11 is 0. The minimum absolute atomic E-state index is 0.333. The molecule has 0 saturated carbocycles. The highest BCUT2D eigenvalue weighted by Crippen LogP contribution is 2.29. The molecule has 0 saturated heterocycles. The second kappa shape index (κ2) is 0.710. The SMILES string of the molecule is Oc1c2on1CC2. The van der Waals surface area contributed by atoms with E-state index in [4.69, 9.17) is 9.63 Å². The van der Waals surface area contributed by atoms with Gasteiger partial charge in [-0.2, -0.15) is 4.74 Å². The maximum atomic E-state index is 8.73. The average Bonchev–Trinajstić information content (AvgIpc) is 2.18. The van der Waals surface area contributed by atoms with Crippen molar-refractivity contribution in [2.75, 3.05) is 0 Å². The molecule has 2 aliphatic rings. The number of rotatable bonds is 0. The fraction of sp³-hybridized carbons (Fsp3) is 0.500. The van der Waals surface area contributed by atoms with Gasteiger partial charge in [0.2, 0.25) is 0 Å². The van der Waals surface area contributed by atoms with Crippen LogP contribution in [0.25, 0.3) is 0 Å². The Kier molecular flexibility index (Phi) is 0.323. The van der Waals surface area contributed by atoms with Gasteiger partial charge in [0.15, 0.2) is 5.76 Å². The van der Waals surface area contributed by atoms with E-state index in [1.54, 1.807) is 0 Å². The van der Waals surface area contributed by atoms with Crippen LogP contribution in [0.15, 0.2) is 4.52 Å². The molecule has 0 aliphatic carbocycles. The van der Waals surface area contributed by atoms with Gasteiger partial charge in [0.05, 0.1) is 6.54 Å². The van der Waals surface area contributed by atoms with Crippen LogP contribution >= 0.6 is 0 Å². The zero-order chi connectivity index (χ0) is 4.85. The van der Waals surface area contributed by atoms with Crippen LogP contribution in [0.2, 0.25) is 0 Å². The number of nitrogens with zero attached hydrogens (tertiary/aromatic N) is 1. The largest absolute Gasteiger partial charge is 0.490 e. The van der Waals surface area contributed by atoms with E-state index in [-0.39, 0.29) is 0 Å². The van der Waals surface area contributed by atoms with E-state index in [1.165, 1.54) is 4.74 Å². The van der Waals surface area contributed by atoms with Crippen LogP contribution in [0, 0.1) is 0 Å². The lowest BCUT2D eigenvalue weighted by Gasteiger charge is -2.00. The van der Waals surface area contributed by atoms with Gasteiger partial charge in [0.25, 0.3) is 5.88 Å². The van der Waals surface area contributed by atoms with Crippen molar-refractivity contribution in [1.82, 2.24) is 4.74 Å². The van der Waals surface area contributed by atoms with Crippen molar-refractivity contribution < 1.29 is 9.63 Å². The number of aromatic nitrogens is 1. The lowest BCUT2D eigenvalue weighted by Crippen LogP contribution is -1.90. The number of hydrogen-bond acceptors (Lipinski definition) is 2. The van der Waals surface area contributed by atoms with E-state index in [0.717, 1.165) is 18.7 Å². The van der Waals surface area contributed by atoms with Crippen LogP contribution in [0.4, 0.5) is 0 Å². The Morgan fingerprint density at radius 2 is 2.57 bits per heavy atom. The first-order valence-electron chi connectivity index (χ1n) is 2.25. The number of aryl methyl sites for hydroxylation is 2. The summed E-state index contributed by atoms with van der Waals surface area (Å²) in [7, 11) is 0. The lowest BCUT2D eigenvalue weighted by atomic mass is 10.4. The molecule has 3 rings (SSSR count). The molecular weight excluding hydrogens is 94.0 g/mol. The first-order chi connectivity index (χ1) is 3.38. The van der Waals surface area contributed by atoms with Crippen LogP contribution < -0.4 is 0 Å². The molecule has 1 N–H and O–H groups in total. The van der Waals surface area contributed by atoms with Gasteiger partial charge >= 0.3 is 0 Å². The van der Waals surface area contributed by atoms with Gasteiger partial charge in [0.1, 0.15) is 0 Å². The molecule has 0 aromatic carbocycles. The Morgan fingerprint density at radius 3 is 2.71 bits per heavy atom. The van der Waals surface area contributed by atoms with E-state index >= 15 is 0 Å². The zero-order valence-electron chi connectivity index (χ0n) is 3.72. The second-order valence-corrected chi connectivity index (χ2v) is 1.69. The maximum absolute atomic E-state index is 8.73. The van der Waals surface area contributed by atoms with Crippen LogP contribution in [0.5, 0.6) is 5.88 Å². The summed E-state index contributed by atoms with van der Waals surface area (Å²) in [5, 5.41) is 8.73. The first kappa shape index (κ1) is 3.18. The van der Waals surface area contributed by atoms with E-state index in [0.29, 0.717) is 5.88 Å². The number of hydrogen-bond donors (Lipinski definition) is 1. The summed E-state index contributed by atoms with van der Waals surface area (Å²) in [6.07, 6.45) is 0.881. The minimum Gasteiger partial charge on any atom is -0.490 e. The van der Waals surface area contributed by atoms with Crippen molar-refractivity contribution in [2.45, 2.75) is 13.0 Å². The van der Waals surface area contributed by atoms with Crippen molar-refractivity contribution in [3.63, 3.8) is 0 Å². The van der Waals surface area contributed by atoms with Crippen molar-refractivity contribution in [3.05, 3.63) is 5.76 Å². The molecule has 38 valence electrons. The van der Waals surface area contributed by atoms with Crippen LogP contribution in [0.3, 0.4) is 0 Å². The van der Waals surface area contributed by atoms with E-state index in [1.807, 2.05) is 0 Å². The minimum atomic E-state index is 0.333. The average molecular weight is 99.1 g/mol. The third-order valence-corrected chi connectivity index (χ3v) is 1.25. The maximum Gasteiger partial charge on any atom is 0.263 e. The Balaban J connectivity index is 2.61. The molecule has 3 nitrogen and oxygen atoms in total. The first-order valence-corrected chi connectivity index (χ1v) is 2.25. The third kappa shape index (κ3) is 0.195. The summed E-state index contributed by atoms with van der Waals surface area (Å²) in [5.74, 6) is 1.08. The monoisotopic (exact) mass is 99.0 g/mol. The molecule has 0 atom stereocenters. The van der Waals surface area contributed by atoms with Crippen molar-refractivity contribution in [1.29, 1.82) is 0 Å². The van der Waals surface area contributed by atoms with Gasteiger partial charge in [-0.3, -0.25) is 0 Å². The Morgan fingerprint density at radius 1 is 1.71 bits per heavy atom. The zero-order valence-corrected chi connectivity index (χ0v) is 3.72. The van der Waals surface area contributed by atoms with Crippen LogP contribution in [0.1, 0.15) is 5.76 Å². The molecule has 2 bridgehead atoms. The third-order valence-electron chi connectivity index (χ3n) is 1.25. The molecule has 0 fully saturated rings. The lowest BCUT2D eigenvalue weighted by molar-refractivity contribution is 0.191. The molecule has 0 radical (unpaired) electrons. The van der Waals surface area contributed by atoms with Gasteiger partial charge in [-0.25, -0.2) is 0 Å². The Labute approximate surface area is 40.1 Å². The molecule has 3 heteroatoms. The standard InChI is InChI=1S/C4H5NO2/c6-4-3-1-2-5(4)7-3/h6H,1-2H2. The topological polar surface area (TPSA) is 38.3 Å². The van der Waals surface area contributed by atoms with E-state index in [2.05, 4.69) is 0 Å². The normalized spacial score (nSPS) is 16.0. The molecule has 7 heavy (non-hydrogen) atoms. The molecule has 3 heterocycles. The summed E-state index contributed by atoms with van der Waals surface area (Å²) in [6.45, 7) is 0.834. The van der Waals surface area contributed by atoms with E-state index in [9.17, 15) is 0 Å². The van der Waals surface area contributed by atoms with Crippen molar-refractivity contribution >= 4 is 0 Å². The quantitative estimate of drug-likeness (QED) is 0.509. The highest BCUT2D eigenvalue weighted by molar-refractivity contribution is 5.19. The van der Waals surface area contributed by atoms with Gasteiger partial charge in [-0.1, -0.05) is 0 Å². The van der Waals surface area contributed by atoms with Gasteiger partial charge in [0, 0.05) is 6.42 Å². The number of fused-ring (bicyclic) bond motifs is 1. The molecule has 1 aromatic heterocycles. The van der Waals surface area contributed by atoms with E-state index < -0.39 is 0 Å². The number of aromatic hydroxyl groups is 1. The highest BCUT2D eigenvalue weighted by Gasteiger charge is 2.23. The smallest absolute Gasteiger partial charge is 0.263 e. The van der Waals surface area contributed by atoms with Gasteiger partial charge < -0.3 is 9.63 Å². The predicted molar refractivity (Wildman–Crippen MR) is 22.1 cm³/mol. The fourth-order valence-electron chi connectivity index (χ4n) is 0.829. The molecule has 0 spiro atoms. The molecule has 1 aromatic rings. The second-order valence-electron chi connectivity index (χ2n) is 1.69. The predicted octanol–water partition coefficient (Wildman–Crippen LogP) is 0.343. The summed E-state index contributed by atoms with van der Waals surface area (Å²) in [5.41, 5.74) is 0. The molecule has 2 aliphatic heterocycles. The summed E-state index contributed by atoms with van der Waals surface area (Å²) in [4.78, 5) is 0. The van der Waals surface area contributed by atoms with Crippen LogP contribution in [-0.2, 0) is 13.0 Å². The van der Waals surface area contributed by atoms with Gasteiger partial charge in [-0.15, -0.1) is 0 Å². The van der Waals surface area contributed by atoms with Crippen molar-refractivity contribution in [2.24, 2.45) is 0 Å².